The molecule has 0 saturated heterocycles. The van der Waals surface area contributed by atoms with Crippen LogP contribution in [-0.2, 0) is 4.79 Å². The zero-order valence-electron chi connectivity index (χ0n) is 12.2. The molecule has 1 amide bonds. The Morgan fingerprint density at radius 1 is 1.12 bits per heavy atom. The van der Waals surface area contributed by atoms with Crippen molar-refractivity contribution in [1.82, 2.24) is 10.2 Å². The Hall–Kier alpha value is -0.610. The predicted molar refractivity (Wildman–Crippen MR) is 72.8 cm³/mol. The maximum atomic E-state index is 11.4. The third-order valence-electron chi connectivity index (χ3n) is 2.62. The largest absolute Gasteiger partial charge is 0.368 e. The number of carbonyl (C=O) groups excluding carboxylic acids is 1. The molecule has 0 aliphatic carbocycles. The number of carbonyl (C=O) groups is 1. The second-order valence-corrected chi connectivity index (χ2v) is 5.72. The normalized spacial score (nSPS) is 14.0. The van der Waals surface area contributed by atoms with Gasteiger partial charge >= 0.3 is 0 Å². The highest BCUT2D eigenvalue weighted by atomic mass is 16.1. The third-order valence-corrected chi connectivity index (χ3v) is 2.62. The smallest absolute Gasteiger partial charge is 0.235 e. The van der Waals surface area contributed by atoms with Crippen LogP contribution in [0.2, 0.25) is 0 Å². The number of nitrogens with two attached hydrogens (primary N) is 1. The second-order valence-electron chi connectivity index (χ2n) is 5.72. The molecule has 0 bridgehead atoms. The van der Waals surface area contributed by atoms with E-state index in [1.165, 1.54) is 0 Å². The first-order chi connectivity index (χ1) is 7.73. The summed E-state index contributed by atoms with van der Waals surface area (Å²) >= 11 is 0. The number of rotatable bonds is 8. The molecule has 0 aromatic carbocycles. The summed E-state index contributed by atoms with van der Waals surface area (Å²) in [5, 5.41) is 3.22. The minimum Gasteiger partial charge on any atom is -0.368 e. The summed E-state index contributed by atoms with van der Waals surface area (Å²) in [5.41, 5.74) is 5.44. The van der Waals surface area contributed by atoms with E-state index in [-0.39, 0.29) is 18.0 Å². The van der Waals surface area contributed by atoms with Gasteiger partial charge in [0.1, 0.15) is 0 Å². The fourth-order valence-corrected chi connectivity index (χ4v) is 1.83. The molecule has 4 nitrogen and oxygen atoms in total. The summed E-state index contributed by atoms with van der Waals surface area (Å²) in [6.45, 7) is 14.4. The molecule has 0 saturated carbocycles. The SMILES string of the molecule is CC(C)CN(CC(NC(C)C)C(N)=O)C(C)C. The van der Waals surface area contributed by atoms with Crippen LogP contribution in [0.25, 0.3) is 0 Å². The molecule has 0 radical (unpaired) electrons. The minimum atomic E-state index is -0.270. The van der Waals surface area contributed by atoms with E-state index in [4.69, 9.17) is 5.73 Å². The Kier molecular flexibility index (Phi) is 7.39. The topological polar surface area (TPSA) is 58.4 Å². The van der Waals surface area contributed by atoms with Crippen LogP contribution in [0.4, 0.5) is 0 Å². The van der Waals surface area contributed by atoms with E-state index in [1.54, 1.807) is 0 Å². The van der Waals surface area contributed by atoms with E-state index in [0.29, 0.717) is 18.5 Å². The van der Waals surface area contributed by atoms with Crippen molar-refractivity contribution >= 4 is 5.91 Å². The van der Waals surface area contributed by atoms with Crippen molar-refractivity contribution < 1.29 is 4.79 Å². The minimum absolute atomic E-state index is 0.264. The molecule has 3 N–H and O–H groups in total. The molecule has 0 spiro atoms. The van der Waals surface area contributed by atoms with Gasteiger partial charge in [0.15, 0.2) is 0 Å². The van der Waals surface area contributed by atoms with E-state index in [2.05, 4.69) is 37.9 Å². The van der Waals surface area contributed by atoms with Gasteiger partial charge in [-0.15, -0.1) is 0 Å². The lowest BCUT2D eigenvalue weighted by atomic mass is 10.1. The molecule has 0 fully saturated rings. The molecule has 0 rings (SSSR count). The number of nitrogens with zero attached hydrogens (tertiary/aromatic N) is 1. The van der Waals surface area contributed by atoms with Gasteiger partial charge in [-0.05, 0) is 19.8 Å². The molecule has 102 valence electrons. The fourth-order valence-electron chi connectivity index (χ4n) is 1.83. The third kappa shape index (κ3) is 7.34. The molecule has 0 heterocycles. The molecule has 1 atom stereocenters. The number of amides is 1. The van der Waals surface area contributed by atoms with Crippen LogP contribution >= 0.6 is 0 Å². The highest BCUT2D eigenvalue weighted by molar-refractivity contribution is 5.80. The first-order valence-electron chi connectivity index (χ1n) is 6.53. The lowest BCUT2D eigenvalue weighted by molar-refractivity contribution is -0.120. The Balaban J connectivity index is 4.50. The number of hydrogen-bond donors (Lipinski definition) is 2. The lowest BCUT2D eigenvalue weighted by Gasteiger charge is -2.32. The van der Waals surface area contributed by atoms with E-state index in [9.17, 15) is 4.79 Å². The van der Waals surface area contributed by atoms with Crippen LogP contribution in [0, 0.1) is 5.92 Å². The van der Waals surface area contributed by atoms with Gasteiger partial charge in [-0.3, -0.25) is 9.69 Å². The average Bonchev–Trinajstić information content (AvgIpc) is 2.13. The zero-order valence-corrected chi connectivity index (χ0v) is 12.2. The first kappa shape index (κ1) is 16.4. The number of nitrogens with one attached hydrogen (secondary N) is 1. The van der Waals surface area contributed by atoms with E-state index < -0.39 is 0 Å². The highest BCUT2D eigenvalue weighted by Gasteiger charge is 2.21. The Morgan fingerprint density at radius 2 is 1.65 bits per heavy atom. The van der Waals surface area contributed by atoms with Crippen molar-refractivity contribution in [2.45, 2.75) is 59.7 Å². The monoisotopic (exact) mass is 243 g/mol. The van der Waals surface area contributed by atoms with Crippen molar-refractivity contribution in [3.05, 3.63) is 0 Å². The Morgan fingerprint density at radius 3 is 1.94 bits per heavy atom. The van der Waals surface area contributed by atoms with E-state index in [1.807, 2.05) is 13.8 Å². The summed E-state index contributed by atoms with van der Waals surface area (Å²) < 4.78 is 0. The zero-order chi connectivity index (χ0) is 13.6. The quantitative estimate of drug-likeness (QED) is 0.673. The van der Waals surface area contributed by atoms with E-state index >= 15 is 0 Å². The van der Waals surface area contributed by atoms with Gasteiger partial charge in [-0.2, -0.15) is 0 Å². The van der Waals surface area contributed by atoms with Gasteiger partial charge in [-0.1, -0.05) is 27.7 Å². The molecule has 1 unspecified atom stereocenters. The van der Waals surface area contributed by atoms with Gasteiger partial charge in [-0.25, -0.2) is 0 Å². The summed E-state index contributed by atoms with van der Waals surface area (Å²) in [5.74, 6) is 0.318. The molecule has 4 heteroatoms. The second kappa shape index (κ2) is 7.67. The van der Waals surface area contributed by atoms with Crippen LogP contribution in [0.3, 0.4) is 0 Å². The van der Waals surface area contributed by atoms with Gasteiger partial charge in [0.2, 0.25) is 5.91 Å². The highest BCUT2D eigenvalue weighted by Crippen LogP contribution is 2.05. The Bertz CT molecular complexity index is 227. The van der Waals surface area contributed by atoms with Crippen LogP contribution < -0.4 is 11.1 Å². The van der Waals surface area contributed by atoms with Crippen molar-refractivity contribution in [1.29, 1.82) is 0 Å². The van der Waals surface area contributed by atoms with Crippen molar-refractivity contribution in [2.24, 2.45) is 11.7 Å². The molecular formula is C13H29N3O. The standard InChI is InChI=1S/C13H29N3O/c1-9(2)7-16(11(5)6)8-12(13(14)17)15-10(3)4/h9-12,15H,7-8H2,1-6H3,(H2,14,17). The predicted octanol–water partition coefficient (Wildman–Crippen LogP) is 1.20. The molecular weight excluding hydrogens is 214 g/mol. The lowest BCUT2D eigenvalue weighted by Crippen LogP contribution is -2.53. The maximum Gasteiger partial charge on any atom is 0.235 e. The summed E-state index contributed by atoms with van der Waals surface area (Å²) in [4.78, 5) is 13.7. The van der Waals surface area contributed by atoms with Gasteiger partial charge in [0.25, 0.3) is 0 Å². The molecule has 17 heavy (non-hydrogen) atoms. The molecule has 0 aromatic rings. The maximum absolute atomic E-state index is 11.4. The van der Waals surface area contributed by atoms with E-state index in [0.717, 1.165) is 6.54 Å². The first-order valence-corrected chi connectivity index (χ1v) is 6.53. The average molecular weight is 243 g/mol. The molecule has 0 aromatic heterocycles. The fraction of sp³-hybridized carbons (Fsp3) is 0.923. The van der Waals surface area contributed by atoms with Crippen molar-refractivity contribution in [3.63, 3.8) is 0 Å². The van der Waals surface area contributed by atoms with Gasteiger partial charge < -0.3 is 11.1 Å². The van der Waals surface area contributed by atoms with Gasteiger partial charge in [0.05, 0.1) is 6.04 Å². The summed E-state index contributed by atoms with van der Waals surface area (Å²) in [6.07, 6.45) is 0. The number of primary amides is 1. The molecule has 0 aliphatic rings. The van der Waals surface area contributed by atoms with Crippen molar-refractivity contribution in [2.75, 3.05) is 13.1 Å². The van der Waals surface area contributed by atoms with Crippen LogP contribution in [-0.4, -0.2) is 42.0 Å². The molecule has 0 aliphatic heterocycles. The summed E-state index contributed by atoms with van der Waals surface area (Å²) in [6, 6.07) is 0.421. The van der Waals surface area contributed by atoms with Crippen LogP contribution in [0.15, 0.2) is 0 Å². The van der Waals surface area contributed by atoms with Crippen LogP contribution in [0.1, 0.15) is 41.5 Å². The van der Waals surface area contributed by atoms with Crippen LogP contribution in [0.5, 0.6) is 0 Å². The van der Waals surface area contributed by atoms with Crippen molar-refractivity contribution in [3.8, 4) is 0 Å². The summed E-state index contributed by atoms with van der Waals surface area (Å²) in [7, 11) is 0. The number of hydrogen-bond acceptors (Lipinski definition) is 3. The Labute approximate surface area is 106 Å². The van der Waals surface area contributed by atoms with Gasteiger partial charge in [0, 0.05) is 25.2 Å².